The van der Waals surface area contributed by atoms with Gasteiger partial charge in [0.05, 0.1) is 12.8 Å². The minimum Gasteiger partial charge on any atom is -0.490 e. The molecule has 1 amide bonds. The molecule has 0 atom stereocenters. The summed E-state index contributed by atoms with van der Waals surface area (Å²) < 4.78 is 11.6. The van der Waals surface area contributed by atoms with E-state index >= 15 is 0 Å². The third-order valence-electron chi connectivity index (χ3n) is 5.27. The number of hydrogen-bond acceptors (Lipinski definition) is 4. The highest BCUT2D eigenvalue weighted by molar-refractivity contribution is 5.94. The number of furan rings is 1. The fraction of sp³-hybridized carbons (Fsp3) is 0.476. The van der Waals surface area contributed by atoms with Crippen molar-refractivity contribution in [2.24, 2.45) is 0 Å². The normalized spacial score (nSPS) is 19.0. The summed E-state index contributed by atoms with van der Waals surface area (Å²) in [6.07, 6.45) is 6.13. The first-order valence-corrected chi connectivity index (χ1v) is 9.59. The lowest BCUT2D eigenvalue weighted by molar-refractivity contribution is 0.0788. The second-order valence-corrected chi connectivity index (χ2v) is 7.20. The Hall–Kier alpha value is -2.27. The van der Waals surface area contributed by atoms with Gasteiger partial charge < -0.3 is 14.1 Å². The van der Waals surface area contributed by atoms with Crippen molar-refractivity contribution < 1.29 is 13.9 Å². The number of benzene rings is 1. The largest absolute Gasteiger partial charge is 0.490 e. The average Bonchev–Trinajstić information content (AvgIpc) is 3.37. The molecular formula is C21H26N2O3. The first-order chi connectivity index (χ1) is 12.8. The number of piperidine rings is 1. The van der Waals surface area contributed by atoms with Crippen LogP contribution in [0.4, 0.5) is 0 Å². The maximum atomic E-state index is 12.5. The van der Waals surface area contributed by atoms with Crippen molar-refractivity contribution in [3.63, 3.8) is 0 Å². The molecule has 26 heavy (non-hydrogen) atoms. The SMILES string of the molecule is O=C(c1cccc(OC2CCN(Cc3ccco3)CC2)c1)N1CCCC1. The lowest BCUT2D eigenvalue weighted by Gasteiger charge is -2.31. The fourth-order valence-corrected chi connectivity index (χ4v) is 3.81. The summed E-state index contributed by atoms with van der Waals surface area (Å²) in [5.74, 6) is 1.94. The molecule has 2 aliphatic rings. The summed E-state index contributed by atoms with van der Waals surface area (Å²) in [7, 11) is 0. The van der Waals surface area contributed by atoms with Gasteiger partial charge in [0.2, 0.25) is 0 Å². The molecule has 0 spiro atoms. The second-order valence-electron chi connectivity index (χ2n) is 7.20. The number of amides is 1. The zero-order chi connectivity index (χ0) is 17.8. The molecular weight excluding hydrogens is 328 g/mol. The molecule has 138 valence electrons. The van der Waals surface area contributed by atoms with Gasteiger partial charge in [0.1, 0.15) is 17.6 Å². The summed E-state index contributed by atoms with van der Waals surface area (Å²) in [6, 6.07) is 11.6. The third kappa shape index (κ3) is 4.10. The summed E-state index contributed by atoms with van der Waals surface area (Å²) in [4.78, 5) is 16.9. The van der Waals surface area contributed by atoms with Gasteiger partial charge >= 0.3 is 0 Å². The molecule has 3 heterocycles. The molecule has 0 radical (unpaired) electrons. The van der Waals surface area contributed by atoms with E-state index in [9.17, 15) is 4.79 Å². The first kappa shape index (κ1) is 17.2. The fourth-order valence-electron chi connectivity index (χ4n) is 3.81. The number of hydrogen-bond donors (Lipinski definition) is 0. The van der Waals surface area contributed by atoms with Gasteiger partial charge in [0.25, 0.3) is 5.91 Å². The first-order valence-electron chi connectivity index (χ1n) is 9.59. The Morgan fingerprint density at radius 2 is 1.88 bits per heavy atom. The van der Waals surface area contributed by atoms with Crippen molar-refractivity contribution in [1.29, 1.82) is 0 Å². The monoisotopic (exact) mass is 354 g/mol. The van der Waals surface area contributed by atoms with Crippen molar-refractivity contribution in [2.45, 2.75) is 38.3 Å². The topological polar surface area (TPSA) is 45.9 Å². The molecule has 4 rings (SSSR count). The predicted octanol–water partition coefficient (Wildman–Crippen LogP) is 3.56. The van der Waals surface area contributed by atoms with Crippen LogP contribution in [0.25, 0.3) is 0 Å². The molecule has 1 aromatic heterocycles. The molecule has 2 aromatic rings. The van der Waals surface area contributed by atoms with Crippen LogP contribution in [0, 0.1) is 0 Å². The summed E-state index contributed by atoms with van der Waals surface area (Å²) in [5.41, 5.74) is 0.736. The standard InChI is InChI=1S/C21H26N2O3/c24-21(23-10-1-2-11-23)17-5-3-6-19(15-17)26-18-8-12-22(13-9-18)16-20-7-4-14-25-20/h3-7,14-15,18H,1-2,8-13,16H2. The van der Waals surface area contributed by atoms with Crippen LogP contribution in [-0.4, -0.2) is 48.0 Å². The molecule has 2 aliphatic heterocycles. The highest BCUT2D eigenvalue weighted by Gasteiger charge is 2.23. The Morgan fingerprint density at radius 3 is 2.62 bits per heavy atom. The van der Waals surface area contributed by atoms with E-state index in [2.05, 4.69) is 4.90 Å². The van der Waals surface area contributed by atoms with Gasteiger partial charge in [-0.25, -0.2) is 0 Å². The van der Waals surface area contributed by atoms with Crippen LogP contribution in [0.2, 0.25) is 0 Å². The molecule has 0 aliphatic carbocycles. The Labute approximate surface area is 154 Å². The zero-order valence-corrected chi connectivity index (χ0v) is 15.1. The molecule has 0 N–H and O–H groups in total. The van der Waals surface area contributed by atoms with E-state index in [1.165, 1.54) is 0 Å². The van der Waals surface area contributed by atoms with E-state index < -0.39 is 0 Å². The summed E-state index contributed by atoms with van der Waals surface area (Å²) in [6.45, 7) is 4.60. The van der Waals surface area contributed by atoms with Gasteiger partial charge in [0, 0.05) is 31.7 Å². The van der Waals surface area contributed by atoms with Crippen LogP contribution in [0.15, 0.2) is 47.1 Å². The average molecular weight is 354 g/mol. The van der Waals surface area contributed by atoms with Gasteiger partial charge in [-0.2, -0.15) is 0 Å². The molecule has 5 heteroatoms. The number of ether oxygens (including phenoxy) is 1. The lowest BCUT2D eigenvalue weighted by Crippen LogP contribution is -2.37. The molecule has 0 unspecified atom stereocenters. The molecule has 2 fully saturated rings. The van der Waals surface area contributed by atoms with E-state index in [0.717, 1.165) is 75.5 Å². The number of rotatable bonds is 5. The van der Waals surface area contributed by atoms with Gasteiger partial charge in [0.15, 0.2) is 0 Å². The molecule has 0 saturated carbocycles. The van der Waals surface area contributed by atoms with Gasteiger partial charge in [-0.05, 0) is 56.0 Å². The van der Waals surface area contributed by atoms with Crippen molar-refractivity contribution >= 4 is 5.91 Å². The van der Waals surface area contributed by atoms with Crippen LogP contribution >= 0.6 is 0 Å². The Bertz CT molecular complexity index is 715. The number of likely N-dealkylation sites (tertiary alicyclic amines) is 2. The van der Waals surface area contributed by atoms with Gasteiger partial charge in [-0.1, -0.05) is 6.07 Å². The van der Waals surface area contributed by atoms with Gasteiger partial charge in [-0.15, -0.1) is 0 Å². The van der Waals surface area contributed by atoms with E-state index in [1.807, 2.05) is 41.3 Å². The Morgan fingerprint density at radius 1 is 1.08 bits per heavy atom. The molecule has 1 aromatic carbocycles. The van der Waals surface area contributed by atoms with Crippen LogP contribution in [0.3, 0.4) is 0 Å². The predicted molar refractivity (Wildman–Crippen MR) is 99.2 cm³/mol. The minimum atomic E-state index is 0.126. The van der Waals surface area contributed by atoms with E-state index in [4.69, 9.17) is 9.15 Å². The van der Waals surface area contributed by atoms with E-state index in [1.54, 1.807) is 6.26 Å². The Balaban J connectivity index is 1.30. The van der Waals surface area contributed by atoms with E-state index in [0.29, 0.717) is 0 Å². The van der Waals surface area contributed by atoms with E-state index in [-0.39, 0.29) is 12.0 Å². The van der Waals surface area contributed by atoms with Crippen molar-refractivity contribution in [3.8, 4) is 5.75 Å². The third-order valence-corrected chi connectivity index (χ3v) is 5.27. The zero-order valence-electron chi connectivity index (χ0n) is 15.1. The van der Waals surface area contributed by atoms with Crippen molar-refractivity contribution in [1.82, 2.24) is 9.80 Å². The lowest BCUT2D eigenvalue weighted by atomic mass is 10.1. The van der Waals surface area contributed by atoms with Crippen LogP contribution < -0.4 is 4.74 Å². The molecule has 0 bridgehead atoms. The van der Waals surface area contributed by atoms with Crippen LogP contribution in [0.5, 0.6) is 5.75 Å². The number of nitrogens with zero attached hydrogens (tertiary/aromatic N) is 2. The number of carbonyl (C=O) groups excluding carboxylic acids is 1. The van der Waals surface area contributed by atoms with Crippen molar-refractivity contribution in [2.75, 3.05) is 26.2 Å². The molecule has 2 saturated heterocycles. The smallest absolute Gasteiger partial charge is 0.253 e. The maximum Gasteiger partial charge on any atom is 0.253 e. The second kappa shape index (κ2) is 7.96. The Kier molecular flexibility index (Phi) is 5.25. The summed E-state index contributed by atoms with van der Waals surface area (Å²) in [5, 5.41) is 0. The molecule has 5 nitrogen and oxygen atoms in total. The van der Waals surface area contributed by atoms with Crippen molar-refractivity contribution in [3.05, 3.63) is 54.0 Å². The maximum absolute atomic E-state index is 12.5. The van der Waals surface area contributed by atoms with Gasteiger partial charge in [-0.3, -0.25) is 9.69 Å². The summed E-state index contributed by atoms with van der Waals surface area (Å²) >= 11 is 0. The highest BCUT2D eigenvalue weighted by atomic mass is 16.5. The highest BCUT2D eigenvalue weighted by Crippen LogP contribution is 2.22. The quantitative estimate of drug-likeness (QED) is 0.824. The van der Waals surface area contributed by atoms with Crippen LogP contribution in [-0.2, 0) is 6.54 Å². The minimum absolute atomic E-state index is 0.126. The number of carbonyl (C=O) groups is 1. The van der Waals surface area contributed by atoms with Crippen LogP contribution in [0.1, 0.15) is 41.8 Å².